The summed E-state index contributed by atoms with van der Waals surface area (Å²) in [6.45, 7) is 0. The first kappa shape index (κ1) is 25.9. The predicted molar refractivity (Wildman–Crippen MR) is 119 cm³/mol. The largest absolute Gasteiger partial charge is 0.417 e. The number of amides is 1. The molecule has 0 saturated heterocycles. The molecule has 0 spiro atoms. The van der Waals surface area contributed by atoms with Gasteiger partial charge in [0.25, 0.3) is 5.91 Å². The summed E-state index contributed by atoms with van der Waals surface area (Å²) in [5.41, 5.74) is -3.11. The van der Waals surface area contributed by atoms with Crippen molar-refractivity contribution >= 4 is 49.4 Å². The van der Waals surface area contributed by atoms with Crippen molar-refractivity contribution in [3.63, 3.8) is 0 Å². The number of pyridine rings is 1. The van der Waals surface area contributed by atoms with E-state index in [9.17, 15) is 35.9 Å². The number of carbonyl (C=O) groups excluding carboxylic acids is 2. The lowest BCUT2D eigenvalue weighted by Gasteiger charge is -2.13. The Morgan fingerprint density at radius 1 is 0.794 bits per heavy atom. The van der Waals surface area contributed by atoms with Gasteiger partial charge in [-0.25, -0.2) is 4.98 Å². The van der Waals surface area contributed by atoms with Gasteiger partial charge in [0.1, 0.15) is 5.82 Å². The number of Topliss-reactive ketones (excluding diaryl/α,β-unsaturated/α-hetero) is 1. The fourth-order valence-electron chi connectivity index (χ4n) is 3.01. The molecule has 12 heteroatoms. The molecule has 0 aliphatic heterocycles. The molecule has 1 amide bonds. The van der Waals surface area contributed by atoms with E-state index in [1.807, 2.05) is 0 Å². The van der Waals surface area contributed by atoms with Crippen LogP contribution in [0.2, 0.25) is 0 Å². The fraction of sp³-hybridized carbons (Fsp3) is 0.136. The summed E-state index contributed by atoms with van der Waals surface area (Å²) in [4.78, 5) is 28.8. The summed E-state index contributed by atoms with van der Waals surface area (Å²) in [6, 6.07) is 8.54. The smallest absolute Gasteiger partial charge is 0.307 e. The van der Waals surface area contributed by atoms with Crippen molar-refractivity contribution in [1.29, 1.82) is 0 Å². The Labute approximate surface area is 205 Å². The van der Waals surface area contributed by atoms with Gasteiger partial charge in [-0.3, -0.25) is 9.59 Å². The van der Waals surface area contributed by atoms with Gasteiger partial charge in [0.05, 0.1) is 16.7 Å². The second-order valence-corrected chi connectivity index (χ2v) is 8.81. The van der Waals surface area contributed by atoms with E-state index in [-0.39, 0.29) is 15.9 Å². The zero-order valence-corrected chi connectivity index (χ0v) is 19.9. The highest BCUT2D eigenvalue weighted by atomic mass is 79.9. The minimum absolute atomic E-state index is 0.104. The number of alkyl halides is 6. The zero-order valence-electron chi connectivity index (χ0n) is 16.7. The molecule has 1 N–H and O–H groups in total. The summed E-state index contributed by atoms with van der Waals surface area (Å²) in [7, 11) is 0. The van der Waals surface area contributed by atoms with Gasteiger partial charge in [0, 0.05) is 27.1 Å². The van der Waals surface area contributed by atoms with Gasteiger partial charge in [-0.15, -0.1) is 0 Å². The van der Waals surface area contributed by atoms with E-state index in [0.29, 0.717) is 4.47 Å². The van der Waals surface area contributed by atoms with Crippen molar-refractivity contribution in [2.75, 3.05) is 5.32 Å². The maximum absolute atomic E-state index is 13.2. The number of anilines is 1. The minimum Gasteiger partial charge on any atom is -0.307 e. The molecule has 178 valence electrons. The van der Waals surface area contributed by atoms with Gasteiger partial charge in [0.2, 0.25) is 0 Å². The van der Waals surface area contributed by atoms with E-state index in [2.05, 4.69) is 42.2 Å². The van der Waals surface area contributed by atoms with E-state index < -0.39 is 52.7 Å². The van der Waals surface area contributed by atoms with Crippen LogP contribution in [0.5, 0.6) is 0 Å². The first-order valence-corrected chi connectivity index (χ1v) is 10.9. The molecule has 3 rings (SSSR count). The zero-order chi connectivity index (χ0) is 25.3. The Morgan fingerprint density at radius 2 is 1.32 bits per heavy atom. The van der Waals surface area contributed by atoms with Gasteiger partial charge in [-0.2, -0.15) is 26.3 Å². The van der Waals surface area contributed by atoms with Gasteiger partial charge in [-0.1, -0.05) is 37.9 Å². The third-order valence-electron chi connectivity index (χ3n) is 4.55. The third-order valence-corrected chi connectivity index (χ3v) is 5.54. The fourth-order valence-corrected chi connectivity index (χ4v) is 3.74. The lowest BCUT2D eigenvalue weighted by atomic mass is 9.99. The van der Waals surface area contributed by atoms with Gasteiger partial charge in [0.15, 0.2) is 5.78 Å². The number of aromatic nitrogens is 1. The number of hydrogen-bond donors (Lipinski definition) is 1. The molecule has 0 radical (unpaired) electrons. The minimum atomic E-state index is -4.76. The third kappa shape index (κ3) is 6.23. The predicted octanol–water partition coefficient (Wildman–Crippen LogP) is 7.32. The average Bonchev–Trinajstić information content (AvgIpc) is 2.73. The van der Waals surface area contributed by atoms with E-state index in [0.717, 1.165) is 36.5 Å². The van der Waals surface area contributed by atoms with E-state index in [1.165, 1.54) is 18.2 Å². The van der Waals surface area contributed by atoms with Crippen molar-refractivity contribution < 1.29 is 35.9 Å². The molecule has 0 bridgehead atoms. The van der Waals surface area contributed by atoms with Crippen LogP contribution in [0.15, 0.2) is 63.7 Å². The Hall–Kier alpha value is -2.73. The van der Waals surface area contributed by atoms with Crippen LogP contribution in [0.1, 0.15) is 37.4 Å². The average molecular weight is 610 g/mol. The van der Waals surface area contributed by atoms with E-state index in [4.69, 9.17) is 0 Å². The topological polar surface area (TPSA) is 59.1 Å². The van der Waals surface area contributed by atoms with Gasteiger partial charge >= 0.3 is 12.4 Å². The van der Waals surface area contributed by atoms with Crippen LogP contribution in [0.3, 0.4) is 0 Å². The highest BCUT2D eigenvalue weighted by molar-refractivity contribution is 9.10. The van der Waals surface area contributed by atoms with Crippen LogP contribution in [-0.2, 0) is 18.8 Å². The lowest BCUT2D eigenvalue weighted by Crippen LogP contribution is -2.19. The van der Waals surface area contributed by atoms with Crippen molar-refractivity contribution in [2.45, 2.75) is 18.8 Å². The van der Waals surface area contributed by atoms with Gasteiger partial charge in [-0.05, 0) is 48.0 Å². The summed E-state index contributed by atoms with van der Waals surface area (Å²) >= 11 is 6.07. The SMILES string of the molecule is O=C(Cc1ccc(NC(=O)c2cc(Br)ccc2C(F)(F)F)nc1)c1cc(Br)ccc1C(F)(F)F. The van der Waals surface area contributed by atoms with Gasteiger partial charge < -0.3 is 5.32 Å². The highest BCUT2D eigenvalue weighted by Gasteiger charge is 2.36. The number of hydrogen-bond acceptors (Lipinski definition) is 3. The maximum atomic E-state index is 13.2. The van der Waals surface area contributed by atoms with E-state index >= 15 is 0 Å². The lowest BCUT2D eigenvalue weighted by molar-refractivity contribution is -0.138. The number of rotatable bonds is 5. The molecule has 34 heavy (non-hydrogen) atoms. The molecule has 1 heterocycles. The van der Waals surface area contributed by atoms with Crippen molar-refractivity contribution in [3.8, 4) is 0 Å². The monoisotopic (exact) mass is 608 g/mol. The number of nitrogens with one attached hydrogen (secondary N) is 1. The number of nitrogens with zero attached hydrogens (tertiary/aromatic N) is 1. The van der Waals surface area contributed by atoms with Crippen LogP contribution in [-0.4, -0.2) is 16.7 Å². The standard InChI is InChI=1S/C22H12Br2F6N2O2/c23-12-2-4-16(21(25,26)27)14(8-12)18(33)7-11-1-6-19(31-10-11)32-20(34)15-9-13(24)3-5-17(15)22(28,29)30/h1-6,8-10H,7H2,(H,31,32,34). The van der Waals surface area contributed by atoms with Crippen LogP contribution in [0.25, 0.3) is 0 Å². The molecule has 1 aromatic heterocycles. The molecule has 0 atom stereocenters. The molecule has 0 unspecified atom stereocenters. The maximum Gasteiger partial charge on any atom is 0.417 e. The molecular weight excluding hydrogens is 598 g/mol. The second-order valence-electron chi connectivity index (χ2n) is 6.98. The van der Waals surface area contributed by atoms with Crippen LogP contribution < -0.4 is 5.32 Å². The summed E-state index contributed by atoms with van der Waals surface area (Å²) < 4.78 is 79.9. The number of ketones is 1. The second kappa shape index (κ2) is 9.87. The first-order valence-electron chi connectivity index (χ1n) is 9.28. The molecule has 0 aliphatic rings. The number of benzene rings is 2. The quantitative estimate of drug-likeness (QED) is 0.244. The van der Waals surface area contributed by atoms with Crippen molar-refractivity contribution in [1.82, 2.24) is 4.98 Å². The van der Waals surface area contributed by atoms with Crippen LogP contribution in [0.4, 0.5) is 32.2 Å². The normalized spacial score (nSPS) is 11.9. The molecule has 0 saturated carbocycles. The number of halogens is 8. The Balaban J connectivity index is 1.78. The number of carbonyl (C=O) groups is 2. The van der Waals surface area contributed by atoms with Crippen LogP contribution >= 0.6 is 31.9 Å². The summed E-state index contributed by atoms with van der Waals surface area (Å²) in [5.74, 6) is -1.97. The molecule has 0 fully saturated rings. The summed E-state index contributed by atoms with van der Waals surface area (Å²) in [6.07, 6.45) is -8.75. The Morgan fingerprint density at radius 3 is 1.82 bits per heavy atom. The van der Waals surface area contributed by atoms with Crippen LogP contribution in [0, 0.1) is 0 Å². The molecule has 2 aromatic carbocycles. The van der Waals surface area contributed by atoms with Crippen molar-refractivity contribution in [3.05, 3.63) is 91.5 Å². The van der Waals surface area contributed by atoms with E-state index in [1.54, 1.807) is 0 Å². The Bertz CT molecular complexity index is 1150. The van der Waals surface area contributed by atoms with Crippen molar-refractivity contribution in [2.24, 2.45) is 0 Å². The summed E-state index contributed by atoms with van der Waals surface area (Å²) in [5, 5.41) is 2.24. The highest BCUT2D eigenvalue weighted by Crippen LogP contribution is 2.35. The Kier molecular flexibility index (Phi) is 7.51. The molecular formula is C22H12Br2F6N2O2. The molecule has 3 aromatic rings. The first-order chi connectivity index (χ1) is 15.8. The molecule has 0 aliphatic carbocycles. The molecule has 4 nitrogen and oxygen atoms in total.